The number of carbonyl (C=O) groups is 4. The lowest BCUT2D eigenvalue weighted by Gasteiger charge is -2.23. The van der Waals surface area contributed by atoms with E-state index >= 15 is 0 Å². The Bertz CT molecular complexity index is 1120. The predicted octanol–water partition coefficient (Wildman–Crippen LogP) is 2.23. The summed E-state index contributed by atoms with van der Waals surface area (Å²) in [7, 11) is 0. The summed E-state index contributed by atoms with van der Waals surface area (Å²) >= 11 is 6.18. The lowest BCUT2D eigenvalue weighted by Crippen LogP contribution is -2.45. The zero-order valence-corrected chi connectivity index (χ0v) is 17.7. The number of imide groups is 2. The number of nitrogens with one attached hydrogen (secondary N) is 3. The van der Waals surface area contributed by atoms with Gasteiger partial charge in [0, 0.05) is 22.3 Å². The summed E-state index contributed by atoms with van der Waals surface area (Å²) in [6.07, 6.45) is 0. The number of nitrogens with zero attached hydrogens (tertiary/aromatic N) is 1. The van der Waals surface area contributed by atoms with Crippen molar-refractivity contribution in [2.24, 2.45) is 0 Å². The van der Waals surface area contributed by atoms with E-state index in [1.54, 1.807) is 42.5 Å². The Hall–Kier alpha value is -3.79. The van der Waals surface area contributed by atoms with E-state index in [4.69, 9.17) is 21.1 Å². The molecule has 166 valence electrons. The number of hydrogen-bond donors (Lipinski definition) is 3. The average Bonchev–Trinajstić information content (AvgIpc) is 2.97. The van der Waals surface area contributed by atoms with Crippen LogP contribution in [0.2, 0.25) is 5.02 Å². The molecule has 11 heteroatoms. The highest BCUT2D eigenvalue weighted by Crippen LogP contribution is 2.34. The Morgan fingerprint density at radius 1 is 1.12 bits per heavy atom. The molecule has 2 heterocycles. The van der Waals surface area contributed by atoms with Gasteiger partial charge in [-0.2, -0.15) is 0 Å². The number of urea groups is 2. The van der Waals surface area contributed by atoms with E-state index in [-0.39, 0.29) is 0 Å². The van der Waals surface area contributed by atoms with Gasteiger partial charge >= 0.3 is 12.1 Å². The van der Waals surface area contributed by atoms with Crippen molar-refractivity contribution in [3.63, 3.8) is 0 Å². The van der Waals surface area contributed by atoms with Crippen molar-refractivity contribution < 1.29 is 28.7 Å². The Kier molecular flexibility index (Phi) is 5.62. The van der Waals surface area contributed by atoms with Crippen LogP contribution in [0.15, 0.2) is 42.5 Å². The third kappa shape index (κ3) is 4.04. The minimum atomic E-state index is -1.43. The van der Waals surface area contributed by atoms with E-state index in [0.29, 0.717) is 41.0 Å². The Balaban J connectivity index is 1.38. The van der Waals surface area contributed by atoms with Crippen molar-refractivity contribution in [1.82, 2.24) is 15.5 Å². The predicted molar refractivity (Wildman–Crippen MR) is 114 cm³/mol. The molecule has 2 aromatic carbocycles. The van der Waals surface area contributed by atoms with Crippen LogP contribution in [0.1, 0.15) is 12.5 Å². The molecule has 10 nitrogen and oxygen atoms in total. The third-order valence-electron chi connectivity index (χ3n) is 5.04. The van der Waals surface area contributed by atoms with E-state index < -0.39 is 36.0 Å². The van der Waals surface area contributed by atoms with E-state index in [9.17, 15) is 19.2 Å². The van der Waals surface area contributed by atoms with Crippen LogP contribution < -0.4 is 25.4 Å². The molecule has 0 saturated carbocycles. The van der Waals surface area contributed by atoms with E-state index in [1.807, 2.05) is 0 Å². The Morgan fingerprint density at radius 2 is 1.84 bits per heavy atom. The van der Waals surface area contributed by atoms with Gasteiger partial charge in [-0.05, 0) is 25.1 Å². The fourth-order valence-corrected chi connectivity index (χ4v) is 3.81. The molecule has 2 aliphatic heterocycles. The number of amides is 6. The van der Waals surface area contributed by atoms with Crippen LogP contribution in [0.4, 0.5) is 15.3 Å². The summed E-state index contributed by atoms with van der Waals surface area (Å²) in [5.41, 5.74) is -0.650. The summed E-state index contributed by atoms with van der Waals surface area (Å²) in [6.45, 7) is 1.69. The number of carbonyl (C=O) groups excluding carboxylic acids is 4. The number of halogens is 1. The first-order valence-corrected chi connectivity index (χ1v) is 10.1. The van der Waals surface area contributed by atoms with Gasteiger partial charge in [-0.1, -0.05) is 29.8 Å². The summed E-state index contributed by atoms with van der Waals surface area (Å²) < 4.78 is 10.8. The van der Waals surface area contributed by atoms with Gasteiger partial charge in [0.25, 0.3) is 5.91 Å². The molecule has 3 N–H and O–H groups in total. The smallest absolute Gasteiger partial charge is 0.325 e. The topological polar surface area (TPSA) is 126 Å². The second-order valence-corrected chi connectivity index (χ2v) is 7.69. The number of ether oxygens (including phenoxy) is 2. The molecular weight excluding hydrogens is 440 g/mol. The van der Waals surface area contributed by atoms with Crippen molar-refractivity contribution >= 4 is 41.2 Å². The number of benzene rings is 2. The van der Waals surface area contributed by atoms with Crippen molar-refractivity contribution in [2.75, 3.05) is 25.1 Å². The van der Waals surface area contributed by atoms with Crippen LogP contribution in [0.5, 0.6) is 11.5 Å². The third-order valence-corrected chi connectivity index (χ3v) is 5.37. The molecule has 32 heavy (non-hydrogen) atoms. The second kappa shape index (κ2) is 8.39. The average molecular weight is 459 g/mol. The fraction of sp³-hybridized carbons (Fsp3) is 0.238. The molecule has 1 saturated heterocycles. The van der Waals surface area contributed by atoms with E-state index in [1.165, 1.54) is 6.92 Å². The maximum Gasteiger partial charge on any atom is 0.325 e. The first-order chi connectivity index (χ1) is 15.3. The van der Waals surface area contributed by atoms with Gasteiger partial charge in [0.05, 0.1) is 0 Å². The zero-order valence-electron chi connectivity index (χ0n) is 16.9. The first kappa shape index (κ1) is 21.4. The molecule has 0 radical (unpaired) electrons. The summed E-state index contributed by atoms with van der Waals surface area (Å²) in [5.74, 6) is -0.470. The SMILES string of the molecule is CC1(c2ccccc2Cl)NC(=O)N(CC(=O)NC(=O)Nc2ccc3c(c2)OCCO3)C1=O. The van der Waals surface area contributed by atoms with Crippen LogP contribution >= 0.6 is 11.6 Å². The summed E-state index contributed by atoms with van der Waals surface area (Å²) in [6, 6.07) is 9.78. The number of hydrogen-bond acceptors (Lipinski definition) is 6. The minimum Gasteiger partial charge on any atom is -0.486 e. The Morgan fingerprint density at radius 3 is 2.59 bits per heavy atom. The van der Waals surface area contributed by atoms with Gasteiger partial charge in [-0.3, -0.25) is 19.8 Å². The van der Waals surface area contributed by atoms with E-state index in [0.717, 1.165) is 4.90 Å². The molecule has 2 aliphatic rings. The normalized spacial score (nSPS) is 19.4. The van der Waals surface area contributed by atoms with Gasteiger partial charge < -0.3 is 20.1 Å². The second-order valence-electron chi connectivity index (χ2n) is 7.29. The molecule has 2 aromatic rings. The largest absolute Gasteiger partial charge is 0.486 e. The summed E-state index contributed by atoms with van der Waals surface area (Å²) in [5, 5.41) is 7.45. The zero-order chi connectivity index (χ0) is 22.9. The van der Waals surface area contributed by atoms with Crippen LogP contribution in [-0.4, -0.2) is 48.5 Å². The Labute approximate surface area is 187 Å². The molecule has 0 bridgehead atoms. The van der Waals surface area contributed by atoms with Gasteiger partial charge in [-0.25, -0.2) is 9.59 Å². The molecule has 0 spiro atoms. The van der Waals surface area contributed by atoms with Gasteiger partial charge in [0.15, 0.2) is 11.5 Å². The van der Waals surface area contributed by atoms with Crippen molar-refractivity contribution in [3.05, 3.63) is 53.1 Å². The molecule has 0 aromatic heterocycles. The van der Waals surface area contributed by atoms with Gasteiger partial charge in [0.1, 0.15) is 25.3 Å². The van der Waals surface area contributed by atoms with Gasteiger partial charge in [0.2, 0.25) is 5.91 Å². The molecule has 1 unspecified atom stereocenters. The molecule has 1 fully saturated rings. The maximum absolute atomic E-state index is 12.9. The molecule has 0 aliphatic carbocycles. The molecule has 4 rings (SSSR count). The highest BCUT2D eigenvalue weighted by Gasteiger charge is 2.50. The quantitative estimate of drug-likeness (QED) is 0.603. The first-order valence-electron chi connectivity index (χ1n) is 9.67. The van der Waals surface area contributed by atoms with Crippen LogP contribution in [0.3, 0.4) is 0 Å². The number of fused-ring (bicyclic) bond motifs is 1. The van der Waals surface area contributed by atoms with E-state index in [2.05, 4.69) is 16.0 Å². The van der Waals surface area contributed by atoms with Crippen molar-refractivity contribution in [2.45, 2.75) is 12.5 Å². The number of anilines is 1. The molecule has 1 atom stereocenters. The highest BCUT2D eigenvalue weighted by molar-refractivity contribution is 6.32. The van der Waals surface area contributed by atoms with Crippen LogP contribution in [-0.2, 0) is 15.1 Å². The molecule has 6 amide bonds. The maximum atomic E-state index is 12.9. The lowest BCUT2D eigenvalue weighted by atomic mass is 9.92. The summed E-state index contributed by atoms with van der Waals surface area (Å²) in [4.78, 5) is 50.5. The fourth-order valence-electron chi connectivity index (χ4n) is 3.48. The van der Waals surface area contributed by atoms with Crippen LogP contribution in [0, 0.1) is 0 Å². The monoisotopic (exact) mass is 458 g/mol. The van der Waals surface area contributed by atoms with Crippen LogP contribution in [0.25, 0.3) is 0 Å². The number of rotatable bonds is 4. The standard InChI is InChI=1S/C21H19ClN4O6/c1-21(13-4-2-3-5-14(13)22)18(28)26(20(30)25-21)11-17(27)24-19(29)23-12-6-7-15-16(10-12)32-9-8-31-15/h2-7,10H,8-9,11H2,1H3,(H,25,30)(H2,23,24,27,29). The molecular formula is C21H19ClN4O6. The lowest BCUT2D eigenvalue weighted by molar-refractivity contribution is -0.134. The minimum absolute atomic E-state index is 0.300. The van der Waals surface area contributed by atoms with Gasteiger partial charge in [-0.15, -0.1) is 0 Å². The van der Waals surface area contributed by atoms with Crippen molar-refractivity contribution in [3.8, 4) is 11.5 Å². The highest BCUT2D eigenvalue weighted by atomic mass is 35.5. The van der Waals surface area contributed by atoms with Crippen molar-refractivity contribution in [1.29, 1.82) is 0 Å².